The van der Waals surface area contributed by atoms with Gasteiger partial charge < -0.3 is 14.6 Å². The standard InChI is InChI=1S/C9H16O3S/c1-2-3-4-5-7-8(6-10)12-9(13)11-7/h7-8,10H,2-6H2,1H3. The number of aliphatic hydroxyl groups is 1. The zero-order valence-corrected chi connectivity index (χ0v) is 8.68. The molecule has 13 heavy (non-hydrogen) atoms. The summed E-state index contributed by atoms with van der Waals surface area (Å²) in [5.41, 5.74) is 0. The van der Waals surface area contributed by atoms with E-state index in [1.807, 2.05) is 0 Å². The van der Waals surface area contributed by atoms with Crippen molar-refractivity contribution in [2.75, 3.05) is 6.61 Å². The monoisotopic (exact) mass is 204 g/mol. The normalized spacial score (nSPS) is 27.1. The topological polar surface area (TPSA) is 38.7 Å². The van der Waals surface area contributed by atoms with E-state index in [1.165, 1.54) is 12.8 Å². The van der Waals surface area contributed by atoms with E-state index < -0.39 is 0 Å². The fourth-order valence-electron chi connectivity index (χ4n) is 1.42. The molecule has 1 aliphatic rings. The van der Waals surface area contributed by atoms with E-state index in [0.717, 1.165) is 12.8 Å². The highest BCUT2D eigenvalue weighted by Crippen LogP contribution is 2.20. The summed E-state index contributed by atoms with van der Waals surface area (Å²) in [6.07, 6.45) is 4.10. The predicted octanol–water partition coefficient (Wildman–Crippen LogP) is 1.63. The number of unbranched alkanes of at least 4 members (excludes halogenated alkanes) is 2. The van der Waals surface area contributed by atoms with E-state index in [2.05, 4.69) is 6.92 Å². The number of hydrogen-bond acceptors (Lipinski definition) is 4. The van der Waals surface area contributed by atoms with Gasteiger partial charge in [-0.2, -0.15) is 0 Å². The Balaban J connectivity index is 2.27. The quantitative estimate of drug-likeness (QED) is 0.545. The molecule has 0 amide bonds. The zero-order valence-electron chi connectivity index (χ0n) is 7.86. The third-order valence-electron chi connectivity index (χ3n) is 2.18. The lowest BCUT2D eigenvalue weighted by molar-refractivity contribution is 0.0829. The third kappa shape index (κ3) is 3.12. The van der Waals surface area contributed by atoms with Crippen LogP contribution in [0.25, 0.3) is 0 Å². The highest BCUT2D eigenvalue weighted by molar-refractivity contribution is 7.79. The van der Waals surface area contributed by atoms with Gasteiger partial charge in [0.25, 0.3) is 0 Å². The van der Waals surface area contributed by atoms with E-state index in [-0.39, 0.29) is 24.1 Å². The molecule has 1 saturated heterocycles. The van der Waals surface area contributed by atoms with Crippen molar-refractivity contribution in [2.45, 2.75) is 44.8 Å². The molecule has 0 spiro atoms. The molecule has 76 valence electrons. The van der Waals surface area contributed by atoms with Crippen molar-refractivity contribution in [3.8, 4) is 0 Å². The third-order valence-corrected chi connectivity index (χ3v) is 2.37. The minimum absolute atomic E-state index is 0.0169. The van der Waals surface area contributed by atoms with Crippen LogP contribution in [0.4, 0.5) is 0 Å². The Hall–Kier alpha value is -0.350. The Morgan fingerprint density at radius 2 is 2.00 bits per heavy atom. The van der Waals surface area contributed by atoms with E-state index in [9.17, 15) is 0 Å². The van der Waals surface area contributed by atoms with Gasteiger partial charge in [-0.25, -0.2) is 0 Å². The molecule has 3 nitrogen and oxygen atoms in total. The average Bonchev–Trinajstić information content (AvgIpc) is 2.47. The first-order chi connectivity index (χ1) is 6.27. The van der Waals surface area contributed by atoms with Gasteiger partial charge in [0.15, 0.2) is 6.10 Å². The highest BCUT2D eigenvalue weighted by atomic mass is 32.1. The second-order valence-corrected chi connectivity index (χ2v) is 3.57. The van der Waals surface area contributed by atoms with E-state index in [4.69, 9.17) is 26.8 Å². The molecule has 1 aliphatic heterocycles. The predicted molar refractivity (Wildman–Crippen MR) is 53.6 cm³/mol. The minimum atomic E-state index is -0.246. The Morgan fingerprint density at radius 3 is 2.62 bits per heavy atom. The molecule has 0 saturated carbocycles. The Morgan fingerprint density at radius 1 is 1.31 bits per heavy atom. The van der Waals surface area contributed by atoms with Crippen molar-refractivity contribution < 1.29 is 14.6 Å². The van der Waals surface area contributed by atoms with Crippen LogP contribution >= 0.6 is 12.2 Å². The molecule has 0 aliphatic carbocycles. The smallest absolute Gasteiger partial charge is 0.353 e. The molecule has 1 heterocycles. The molecule has 1 fully saturated rings. The molecule has 2 atom stereocenters. The fraction of sp³-hybridized carbons (Fsp3) is 0.889. The van der Waals surface area contributed by atoms with E-state index >= 15 is 0 Å². The summed E-state index contributed by atoms with van der Waals surface area (Å²) in [5, 5.41) is 9.13. The number of thiocarbonyl (C=S) groups is 1. The molecular formula is C9H16O3S. The van der Waals surface area contributed by atoms with Crippen LogP contribution in [0.3, 0.4) is 0 Å². The average molecular weight is 204 g/mol. The first-order valence-corrected chi connectivity index (χ1v) is 5.17. The van der Waals surface area contributed by atoms with Crippen molar-refractivity contribution >= 4 is 17.5 Å². The van der Waals surface area contributed by atoms with Crippen LogP contribution in [0.1, 0.15) is 32.6 Å². The molecule has 0 aromatic carbocycles. The summed E-state index contributed by atoms with van der Waals surface area (Å²) >= 11 is 4.76. The lowest BCUT2D eigenvalue weighted by Crippen LogP contribution is -2.25. The Bertz CT molecular complexity index is 172. The molecule has 4 heteroatoms. The van der Waals surface area contributed by atoms with Gasteiger partial charge in [0.05, 0.1) is 6.61 Å². The van der Waals surface area contributed by atoms with Crippen LogP contribution < -0.4 is 0 Å². The zero-order chi connectivity index (χ0) is 9.68. The second-order valence-electron chi connectivity index (χ2n) is 3.24. The van der Waals surface area contributed by atoms with Gasteiger partial charge in [-0.3, -0.25) is 0 Å². The minimum Gasteiger partial charge on any atom is -0.450 e. The molecule has 0 aromatic rings. The summed E-state index contributed by atoms with van der Waals surface area (Å²) < 4.78 is 10.4. The summed E-state index contributed by atoms with van der Waals surface area (Å²) in [5.74, 6) is 0. The van der Waals surface area contributed by atoms with Crippen LogP contribution in [0.5, 0.6) is 0 Å². The maximum Gasteiger partial charge on any atom is 0.353 e. The number of ether oxygens (including phenoxy) is 2. The molecule has 1 N–H and O–H groups in total. The summed E-state index contributed by atoms with van der Waals surface area (Å²) in [6.45, 7) is 2.14. The van der Waals surface area contributed by atoms with Crippen molar-refractivity contribution in [1.82, 2.24) is 0 Å². The van der Waals surface area contributed by atoms with Crippen LogP contribution in [0, 0.1) is 0 Å². The summed E-state index contributed by atoms with van der Waals surface area (Å²) in [4.78, 5) is 0. The largest absolute Gasteiger partial charge is 0.450 e. The van der Waals surface area contributed by atoms with Crippen molar-refractivity contribution in [3.05, 3.63) is 0 Å². The lowest BCUT2D eigenvalue weighted by atomic mass is 10.1. The van der Waals surface area contributed by atoms with Crippen LogP contribution in [0.2, 0.25) is 0 Å². The van der Waals surface area contributed by atoms with Gasteiger partial charge in [0.2, 0.25) is 0 Å². The molecular weight excluding hydrogens is 188 g/mol. The van der Waals surface area contributed by atoms with Crippen molar-refractivity contribution in [3.63, 3.8) is 0 Å². The lowest BCUT2D eigenvalue weighted by Gasteiger charge is -2.12. The molecule has 2 unspecified atom stereocenters. The SMILES string of the molecule is CCCCCC1OC(=S)OC1CO. The van der Waals surface area contributed by atoms with Crippen LogP contribution in [0.15, 0.2) is 0 Å². The first-order valence-electron chi connectivity index (χ1n) is 4.76. The Kier molecular flexibility index (Phi) is 4.45. The van der Waals surface area contributed by atoms with Gasteiger partial charge in [0, 0.05) is 12.2 Å². The number of rotatable bonds is 5. The fourth-order valence-corrected chi connectivity index (χ4v) is 1.67. The second kappa shape index (κ2) is 5.40. The van der Waals surface area contributed by atoms with E-state index in [1.54, 1.807) is 0 Å². The van der Waals surface area contributed by atoms with Crippen LogP contribution in [-0.4, -0.2) is 29.2 Å². The molecule has 0 radical (unpaired) electrons. The Labute approximate surface area is 84.0 Å². The van der Waals surface area contributed by atoms with Gasteiger partial charge in [0.1, 0.15) is 6.10 Å². The number of aliphatic hydroxyl groups excluding tert-OH is 1. The summed E-state index contributed by atoms with van der Waals surface area (Å²) in [6, 6.07) is 0. The maximum absolute atomic E-state index is 8.95. The summed E-state index contributed by atoms with van der Waals surface area (Å²) in [7, 11) is 0. The first kappa shape index (κ1) is 10.7. The van der Waals surface area contributed by atoms with Crippen molar-refractivity contribution in [2.24, 2.45) is 0 Å². The maximum atomic E-state index is 8.95. The van der Waals surface area contributed by atoms with E-state index in [0.29, 0.717) is 0 Å². The van der Waals surface area contributed by atoms with Gasteiger partial charge in [-0.1, -0.05) is 19.8 Å². The molecule has 1 rings (SSSR count). The van der Waals surface area contributed by atoms with Gasteiger partial charge in [-0.05, 0) is 12.8 Å². The number of hydrogen-bond donors (Lipinski definition) is 1. The van der Waals surface area contributed by atoms with Crippen molar-refractivity contribution in [1.29, 1.82) is 0 Å². The van der Waals surface area contributed by atoms with Crippen LogP contribution in [-0.2, 0) is 9.47 Å². The highest BCUT2D eigenvalue weighted by Gasteiger charge is 2.32. The van der Waals surface area contributed by atoms with Gasteiger partial charge >= 0.3 is 5.24 Å². The molecule has 0 bridgehead atoms. The van der Waals surface area contributed by atoms with Gasteiger partial charge in [-0.15, -0.1) is 0 Å². The molecule has 0 aromatic heterocycles.